The summed E-state index contributed by atoms with van der Waals surface area (Å²) in [7, 11) is 0. The summed E-state index contributed by atoms with van der Waals surface area (Å²) < 4.78 is 5.28. The molecule has 0 aliphatic carbocycles. The van der Waals surface area contributed by atoms with Crippen molar-refractivity contribution >= 4 is 17.5 Å². The molecule has 0 radical (unpaired) electrons. The van der Waals surface area contributed by atoms with E-state index < -0.39 is 0 Å². The van der Waals surface area contributed by atoms with Crippen molar-refractivity contribution in [2.75, 3.05) is 12.0 Å². The van der Waals surface area contributed by atoms with Gasteiger partial charge in [-0.1, -0.05) is 0 Å². The molecule has 0 saturated heterocycles. The normalized spacial score (nSPS) is 22.4. The fourth-order valence-corrected chi connectivity index (χ4v) is 1.65. The van der Waals surface area contributed by atoms with Gasteiger partial charge in [0.1, 0.15) is 6.10 Å². The number of carbonyl (C=O) groups excluding carboxylic acids is 1. The molecule has 3 heteroatoms. The third-order valence-corrected chi connectivity index (χ3v) is 2.53. The van der Waals surface area contributed by atoms with Crippen molar-refractivity contribution in [2.24, 2.45) is 0 Å². The van der Waals surface area contributed by atoms with Crippen LogP contribution in [0.4, 0.5) is 0 Å². The minimum Gasteiger partial charge on any atom is -0.497 e. The smallest absolute Gasteiger partial charge is 0.162 e. The van der Waals surface area contributed by atoms with Gasteiger partial charge in [-0.2, -0.15) is 11.8 Å². The van der Waals surface area contributed by atoms with Gasteiger partial charge in [0.05, 0.1) is 6.26 Å². The number of carbonyl (C=O) groups is 1. The van der Waals surface area contributed by atoms with Crippen LogP contribution in [0, 0.1) is 0 Å². The number of hydrogen-bond donors (Lipinski definition) is 0. The van der Waals surface area contributed by atoms with Crippen LogP contribution in [0.25, 0.3) is 0 Å². The fraction of sp³-hybridized carbons (Fsp3) is 0.667. The van der Waals surface area contributed by atoms with Crippen molar-refractivity contribution in [1.29, 1.82) is 0 Å². The van der Waals surface area contributed by atoms with E-state index in [2.05, 4.69) is 6.26 Å². The molecule has 0 aromatic rings. The minimum atomic E-state index is 0.134. The topological polar surface area (TPSA) is 26.3 Å². The summed E-state index contributed by atoms with van der Waals surface area (Å²) in [6, 6.07) is 0. The highest BCUT2D eigenvalue weighted by atomic mass is 32.2. The van der Waals surface area contributed by atoms with Gasteiger partial charge in [-0.05, 0) is 24.9 Å². The Hall–Kier alpha value is -0.440. The maximum atomic E-state index is 10.9. The largest absolute Gasteiger partial charge is 0.497 e. The third kappa shape index (κ3) is 3.30. The Bertz CT molecular complexity index is 177. The molecule has 1 rings (SSSR count). The summed E-state index contributed by atoms with van der Waals surface area (Å²) in [5, 5.41) is 0. The molecular weight excluding hydrogens is 172 g/mol. The van der Waals surface area contributed by atoms with Crippen LogP contribution < -0.4 is 0 Å². The molecule has 12 heavy (non-hydrogen) atoms. The summed E-state index contributed by atoms with van der Waals surface area (Å²) in [6.45, 7) is 0. The van der Waals surface area contributed by atoms with Crippen molar-refractivity contribution in [2.45, 2.75) is 25.4 Å². The van der Waals surface area contributed by atoms with Gasteiger partial charge in [0.25, 0.3) is 0 Å². The van der Waals surface area contributed by atoms with Crippen molar-refractivity contribution in [3.05, 3.63) is 12.3 Å². The predicted octanol–water partition coefficient (Wildman–Crippen LogP) is 2.00. The Morgan fingerprint density at radius 2 is 2.58 bits per heavy atom. The Morgan fingerprint density at radius 3 is 3.25 bits per heavy atom. The van der Waals surface area contributed by atoms with E-state index in [1.165, 1.54) is 12.3 Å². The van der Waals surface area contributed by atoms with E-state index in [9.17, 15) is 4.79 Å². The molecular formula is C9H14O2S. The maximum Gasteiger partial charge on any atom is 0.162 e. The van der Waals surface area contributed by atoms with Crippen LogP contribution in [0.2, 0.25) is 0 Å². The molecule has 1 aliphatic heterocycles. The first-order chi connectivity index (χ1) is 5.83. The van der Waals surface area contributed by atoms with Crippen LogP contribution in [0.15, 0.2) is 12.3 Å². The Labute approximate surface area is 77.4 Å². The lowest BCUT2D eigenvalue weighted by Gasteiger charge is -2.17. The highest BCUT2D eigenvalue weighted by Crippen LogP contribution is 2.14. The second-order valence-corrected chi connectivity index (χ2v) is 3.85. The van der Waals surface area contributed by atoms with E-state index in [1.807, 2.05) is 11.8 Å². The van der Waals surface area contributed by atoms with E-state index in [4.69, 9.17) is 4.74 Å². The second kappa shape index (κ2) is 5.25. The van der Waals surface area contributed by atoms with Crippen LogP contribution in [-0.4, -0.2) is 23.9 Å². The summed E-state index contributed by atoms with van der Waals surface area (Å²) in [4.78, 5) is 10.9. The molecule has 0 saturated carbocycles. The number of thioether (sulfide) groups is 1. The molecule has 0 spiro atoms. The first kappa shape index (κ1) is 9.65. The maximum absolute atomic E-state index is 10.9. The zero-order valence-electron chi connectivity index (χ0n) is 7.29. The summed E-state index contributed by atoms with van der Waals surface area (Å²) in [6.07, 6.45) is 7.94. The first-order valence-corrected chi connectivity index (χ1v) is 5.56. The molecule has 2 nitrogen and oxygen atoms in total. The van der Waals surface area contributed by atoms with Gasteiger partial charge in [0, 0.05) is 12.5 Å². The van der Waals surface area contributed by atoms with E-state index >= 15 is 0 Å². The van der Waals surface area contributed by atoms with E-state index in [1.54, 1.807) is 0 Å². The van der Waals surface area contributed by atoms with Gasteiger partial charge in [-0.25, -0.2) is 0 Å². The van der Waals surface area contributed by atoms with E-state index in [-0.39, 0.29) is 11.9 Å². The SMILES string of the molecule is CSCCCC1CC(=O)C=CO1. The molecule has 0 aromatic carbocycles. The highest BCUT2D eigenvalue weighted by molar-refractivity contribution is 7.98. The van der Waals surface area contributed by atoms with Gasteiger partial charge < -0.3 is 4.74 Å². The molecule has 68 valence electrons. The molecule has 0 bridgehead atoms. The van der Waals surface area contributed by atoms with Gasteiger partial charge in [-0.3, -0.25) is 4.79 Å². The molecule has 1 unspecified atom stereocenters. The first-order valence-electron chi connectivity index (χ1n) is 4.16. The number of rotatable bonds is 4. The summed E-state index contributed by atoms with van der Waals surface area (Å²) in [5.74, 6) is 1.34. The lowest BCUT2D eigenvalue weighted by atomic mass is 10.1. The van der Waals surface area contributed by atoms with Crippen molar-refractivity contribution in [1.82, 2.24) is 0 Å². The van der Waals surface area contributed by atoms with Gasteiger partial charge >= 0.3 is 0 Å². The molecule has 1 aliphatic rings. The second-order valence-electron chi connectivity index (χ2n) is 2.87. The number of ketones is 1. The zero-order chi connectivity index (χ0) is 8.81. The van der Waals surface area contributed by atoms with Gasteiger partial charge in [0.15, 0.2) is 5.78 Å². The summed E-state index contributed by atoms with van der Waals surface area (Å²) >= 11 is 1.83. The van der Waals surface area contributed by atoms with Crippen LogP contribution in [0.5, 0.6) is 0 Å². The van der Waals surface area contributed by atoms with E-state index in [0.717, 1.165) is 18.6 Å². The molecule has 0 aromatic heterocycles. The number of hydrogen-bond acceptors (Lipinski definition) is 3. The third-order valence-electron chi connectivity index (χ3n) is 1.83. The van der Waals surface area contributed by atoms with Gasteiger partial charge in [0.2, 0.25) is 0 Å². The molecule has 1 atom stereocenters. The monoisotopic (exact) mass is 186 g/mol. The van der Waals surface area contributed by atoms with Gasteiger partial charge in [-0.15, -0.1) is 0 Å². The van der Waals surface area contributed by atoms with Crippen molar-refractivity contribution in [3.63, 3.8) is 0 Å². The Balaban J connectivity index is 2.16. The Kier molecular flexibility index (Phi) is 4.22. The molecule has 0 N–H and O–H groups in total. The fourth-order valence-electron chi connectivity index (χ4n) is 1.19. The molecule has 0 amide bonds. The van der Waals surface area contributed by atoms with Crippen molar-refractivity contribution in [3.8, 4) is 0 Å². The van der Waals surface area contributed by atoms with Crippen LogP contribution >= 0.6 is 11.8 Å². The number of allylic oxidation sites excluding steroid dienone is 1. The standard InChI is InChI=1S/C9H14O2S/c1-12-6-2-3-9-7-8(10)4-5-11-9/h4-5,9H,2-3,6-7H2,1H3. The number of ether oxygens (including phenoxy) is 1. The Morgan fingerprint density at radius 1 is 1.75 bits per heavy atom. The van der Waals surface area contributed by atoms with Crippen LogP contribution in [-0.2, 0) is 9.53 Å². The quantitative estimate of drug-likeness (QED) is 0.628. The lowest BCUT2D eigenvalue weighted by molar-refractivity contribution is -0.118. The average Bonchev–Trinajstić information content (AvgIpc) is 2.05. The van der Waals surface area contributed by atoms with Crippen LogP contribution in [0.3, 0.4) is 0 Å². The average molecular weight is 186 g/mol. The zero-order valence-corrected chi connectivity index (χ0v) is 8.10. The molecule has 0 fully saturated rings. The van der Waals surface area contributed by atoms with Crippen molar-refractivity contribution < 1.29 is 9.53 Å². The van der Waals surface area contributed by atoms with Crippen LogP contribution in [0.1, 0.15) is 19.3 Å². The molecule has 1 heterocycles. The lowest BCUT2D eigenvalue weighted by Crippen LogP contribution is -2.18. The minimum absolute atomic E-state index is 0.134. The van der Waals surface area contributed by atoms with E-state index in [0.29, 0.717) is 6.42 Å². The highest BCUT2D eigenvalue weighted by Gasteiger charge is 2.15. The predicted molar refractivity (Wildman–Crippen MR) is 51.3 cm³/mol. The summed E-state index contributed by atoms with van der Waals surface area (Å²) in [5.41, 5.74) is 0.